The van der Waals surface area contributed by atoms with E-state index in [4.69, 9.17) is 4.74 Å². The monoisotopic (exact) mass is 540 g/mol. The maximum absolute atomic E-state index is 14.3. The van der Waals surface area contributed by atoms with Gasteiger partial charge in [0.1, 0.15) is 6.04 Å². The van der Waals surface area contributed by atoms with Crippen LogP contribution >= 0.6 is 0 Å². The minimum absolute atomic E-state index is 0.164. The van der Waals surface area contributed by atoms with Gasteiger partial charge in [-0.2, -0.15) is 0 Å². The molecule has 0 saturated carbocycles. The topological polar surface area (TPSA) is 95.9 Å². The number of aliphatic hydroxyl groups excluding tert-OH is 1. The Hall–Kier alpha value is -3.97. The van der Waals surface area contributed by atoms with Crippen LogP contribution < -0.4 is 5.32 Å². The molecule has 0 radical (unpaired) electrons. The van der Waals surface area contributed by atoms with Crippen molar-refractivity contribution in [1.29, 1.82) is 0 Å². The van der Waals surface area contributed by atoms with Gasteiger partial charge in [-0.05, 0) is 47.7 Å². The Bertz CT molecular complexity index is 1400. The van der Waals surface area contributed by atoms with Crippen molar-refractivity contribution in [2.24, 2.45) is 23.7 Å². The van der Waals surface area contributed by atoms with Crippen LogP contribution in [0.15, 0.2) is 84.9 Å². The summed E-state index contributed by atoms with van der Waals surface area (Å²) in [6.07, 6.45) is 5.49. The van der Waals surface area contributed by atoms with Crippen molar-refractivity contribution in [3.8, 4) is 0 Å². The molecule has 1 aliphatic heterocycles. The lowest BCUT2D eigenvalue weighted by molar-refractivity contribution is -0.156. The molecule has 2 N–H and O–H groups in total. The SMILES string of the molecule is CCC[C@@H]1C=C[C@H]2[C@@H](C(=O)N([C@H](CO)c3ccccc3)[C@@H]2C(=O)Nc2ccc3ccccc3c2)[C@@H]1C(=O)OCC. The highest BCUT2D eigenvalue weighted by Gasteiger charge is 2.59. The third kappa shape index (κ3) is 5.13. The first-order valence-corrected chi connectivity index (χ1v) is 14.1. The van der Waals surface area contributed by atoms with Crippen molar-refractivity contribution in [2.75, 3.05) is 18.5 Å². The van der Waals surface area contributed by atoms with E-state index in [0.29, 0.717) is 5.69 Å². The Morgan fingerprint density at radius 2 is 1.70 bits per heavy atom. The van der Waals surface area contributed by atoms with E-state index < -0.39 is 35.8 Å². The lowest BCUT2D eigenvalue weighted by Gasteiger charge is -2.34. The number of rotatable bonds is 9. The Morgan fingerprint density at radius 3 is 2.40 bits per heavy atom. The number of carbonyl (C=O) groups is 3. The molecule has 0 aromatic heterocycles. The van der Waals surface area contributed by atoms with Crippen molar-refractivity contribution < 1.29 is 24.2 Å². The highest BCUT2D eigenvalue weighted by Crippen LogP contribution is 2.48. The molecule has 7 nitrogen and oxygen atoms in total. The quantitative estimate of drug-likeness (QED) is 0.290. The van der Waals surface area contributed by atoms with E-state index in [1.165, 1.54) is 4.90 Å². The zero-order valence-corrected chi connectivity index (χ0v) is 22.9. The molecule has 7 heteroatoms. The number of carbonyl (C=O) groups excluding carboxylic acids is 3. The molecule has 1 fully saturated rings. The minimum Gasteiger partial charge on any atom is -0.466 e. The molecule has 0 bridgehead atoms. The highest BCUT2D eigenvalue weighted by atomic mass is 16.5. The number of ether oxygens (including phenoxy) is 1. The number of aliphatic hydroxyl groups is 1. The number of nitrogens with one attached hydrogen (secondary N) is 1. The van der Waals surface area contributed by atoms with Crippen molar-refractivity contribution >= 4 is 34.2 Å². The normalized spacial score (nSPS) is 24.5. The van der Waals surface area contributed by atoms with Gasteiger partial charge in [-0.1, -0.05) is 86.2 Å². The number of hydrogen-bond acceptors (Lipinski definition) is 5. The standard InChI is InChI=1S/C33H36N2O5/c1-3-10-23-16-18-26-29(28(23)33(39)40-4-2)32(38)35(27(20-36)22-12-6-5-7-13-22)30(26)31(37)34-25-17-15-21-11-8-9-14-24(21)19-25/h5-9,11-19,23,26-30,36H,3-4,10,20H2,1-2H3,(H,34,37)/t23-,26+,27-,28-,29-,30+/m1/s1. The molecule has 2 amide bonds. The average Bonchev–Trinajstić information content (AvgIpc) is 3.26. The molecule has 3 aromatic carbocycles. The Kier molecular flexibility index (Phi) is 8.31. The first kappa shape index (κ1) is 27.6. The van der Waals surface area contributed by atoms with E-state index in [2.05, 4.69) is 5.32 Å². The van der Waals surface area contributed by atoms with Crippen LogP contribution in [0.5, 0.6) is 0 Å². The lowest BCUT2D eigenvalue weighted by atomic mass is 9.69. The highest BCUT2D eigenvalue weighted by molar-refractivity contribution is 6.02. The zero-order chi connectivity index (χ0) is 28.2. The van der Waals surface area contributed by atoms with Crippen LogP contribution in [0, 0.1) is 23.7 Å². The van der Waals surface area contributed by atoms with Crippen molar-refractivity contribution in [3.63, 3.8) is 0 Å². The predicted octanol–water partition coefficient (Wildman–Crippen LogP) is 5.12. The summed E-state index contributed by atoms with van der Waals surface area (Å²) in [6.45, 7) is 3.65. The minimum atomic E-state index is -0.919. The molecule has 5 rings (SSSR count). The fourth-order valence-corrected chi connectivity index (χ4v) is 6.46. The molecular formula is C33H36N2O5. The van der Waals surface area contributed by atoms with Gasteiger partial charge < -0.3 is 20.1 Å². The van der Waals surface area contributed by atoms with Gasteiger partial charge in [0.2, 0.25) is 11.8 Å². The van der Waals surface area contributed by atoms with Gasteiger partial charge in [-0.15, -0.1) is 0 Å². The van der Waals surface area contributed by atoms with Crippen LogP contribution in [0.3, 0.4) is 0 Å². The second-order valence-electron chi connectivity index (χ2n) is 10.6. The number of anilines is 1. The fraction of sp³-hybridized carbons (Fsp3) is 0.364. The molecular weight excluding hydrogens is 504 g/mol. The van der Waals surface area contributed by atoms with Gasteiger partial charge in [-0.3, -0.25) is 14.4 Å². The van der Waals surface area contributed by atoms with E-state index in [-0.39, 0.29) is 30.9 Å². The van der Waals surface area contributed by atoms with Crippen LogP contribution in [0.1, 0.15) is 38.3 Å². The van der Waals surface area contributed by atoms with Crippen molar-refractivity contribution in [3.05, 3.63) is 90.5 Å². The fourth-order valence-electron chi connectivity index (χ4n) is 6.46. The molecule has 2 aliphatic rings. The molecule has 1 saturated heterocycles. The summed E-state index contributed by atoms with van der Waals surface area (Å²) in [5.41, 5.74) is 1.34. The van der Waals surface area contributed by atoms with E-state index in [1.54, 1.807) is 6.92 Å². The van der Waals surface area contributed by atoms with Crippen LogP contribution in [0.4, 0.5) is 5.69 Å². The third-order valence-corrected chi connectivity index (χ3v) is 8.21. The third-order valence-electron chi connectivity index (χ3n) is 8.21. The first-order valence-electron chi connectivity index (χ1n) is 14.1. The van der Waals surface area contributed by atoms with Crippen LogP contribution in [0.25, 0.3) is 10.8 Å². The van der Waals surface area contributed by atoms with Crippen LogP contribution in [-0.4, -0.2) is 47.0 Å². The van der Waals surface area contributed by atoms with Gasteiger partial charge >= 0.3 is 5.97 Å². The van der Waals surface area contributed by atoms with E-state index in [0.717, 1.165) is 29.2 Å². The number of amides is 2. The van der Waals surface area contributed by atoms with Crippen LogP contribution in [0.2, 0.25) is 0 Å². The summed E-state index contributed by atoms with van der Waals surface area (Å²) >= 11 is 0. The molecule has 208 valence electrons. The average molecular weight is 541 g/mol. The molecule has 40 heavy (non-hydrogen) atoms. The molecule has 6 atom stereocenters. The van der Waals surface area contributed by atoms with Crippen molar-refractivity contribution in [1.82, 2.24) is 4.90 Å². The summed E-state index contributed by atoms with van der Waals surface area (Å²) in [7, 11) is 0. The van der Waals surface area contributed by atoms with Gasteiger partial charge in [-0.25, -0.2) is 0 Å². The molecule has 0 spiro atoms. The maximum Gasteiger partial charge on any atom is 0.310 e. The summed E-state index contributed by atoms with van der Waals surface area (Å²) < 4.78 is 5.46. The number of benzene rings is 3. The largest absolute Gasteiger partial charge is 0.466 e. The number of esters is 1. The number of allylic oxidation sites excluding steroid dienone is 1. The predicted molar refractivity (Wildman–Crippen MR) is 154 cm³/mol. The second-order valence-corrected chi connectivity index (χ2v) is 10.6. The Balaban J connectivity index is 1.57. The van der Waals surface area contributed by atoms with Gasteiger partial charge in [0.25, 0.3) is 0 Å². The Labute approximate surface area is 234 Å². The molecule has 3 aromatic rings. The smallest absolute Gasteiger partial charge is 0.310 e. The van der Waals surface area contributed by atoms with Gasteiger partial charge in [0.05, 0.1) is 31.1 Å². The maximum atomic E-state index is 14.3. The van der Waals surface area contributed by atoms with E-state index in [9.17, 15) is 19.5 Å². The number of nitrogens with zero attached hydrogens (tertiary/aromatic N) is 1. The van der Waals surface area contributed by atoms with Gasteiger partial charge in [0.15, 0.2) is 0 Å². The number of hydrogen-bond donors (Lipinski definition) is 2. The van der Waals surface area contributed by atoms with Gasteiger partial charge in [0, 0.05) is 11.6 Å². The molecule has 0 unspecified atom stereocenters. The van der Waals surface area contributed by atoms with E-state index in [1.807, 2.05) is 91.9 Å². The Morgan fingerprint density at radius 1 is 0.975 bits per heavy atom. The lowest BCUT2D eigenvalue weighted by Crippen LogP contribution is -2.46. The zero-order valence-electron chi connectivity index (χ0n) is 22.9. The van der Waals surface area contributed by atoms with Crippen molar-refractivity contribution in [2.45, 2.75) is 38.8 Å². The summed E-state index contributed by atoms with van der Waals surface area (Å²) in [6, 6.07) is 21.1. The first-order chi connectivity index (χ1) is 19.5. The van der Waals surface area contributed by atoms with E-state index >= 15 is 0 Å². The van der Waals surface area contributed by atoms with Crippen LogP contribution in [-0.2, 0) is 19.1 Å². The summed E-state index contributed by atoms with van der Waals surface area (Å²) in [4.78, 5) is 43.2. The number of likely N-dealkylation sites (tertiary alicyclic amines) is 1. The summed E-state index contributed by atoms with van der Waals surface area (Å²) in [5.74, 6) is -3.24. The summed E-state index contributed by atoms with van der Waals surface area (Å²) in [5, 5.41) is 15.6. The molecule has 1 heterocycles. The molecule has 1 aliphatic carbocycles. The number of fused-ring (bicyclic) bond motifs is 2. The second kappa shape index (κ2) is 12.0.